The zero-order valence-electron chi connectivity index (χ0n) is 13.4. The average molecular weight is 303 g/mol. The maximum atomic E-state index is 9.40. The van der Waals surface area contributed by atoms with Crippen LogP contribution in [0.1, 0.15) is 24.6 Å². The Bertz CT molecular complexity index is 764. The van der Waals surface area contributed by atoms with E-state index in [1.54, 1.807) is 0 Å². The summed E-state index contributed by atoms with van der Waals surface area (Å²) >= 11 is 0. The van der Waals surface area contributed by atoms with E-state index in [4.69, 9.17) is 0 Å². The quantitative estimate of drug-likeness (QED) is 0.730. The topological polar surface area (TPSA) is 33.1 Å². The van der Waals surface area contributed by atoms with Gasteiger partial charge in [-0.25, -0.2) is 4.98 Å². The summed E-state index contributed by atoms with van der Waals surface area (Å²) in [6, 6.07) is 22.8. The lowest BCUT2D eigenvalue weighted by molar-refractivity contribution is 0.277. The van der Waals surface area contributed by atoms with Gasteiger partial charge in [-0.3, -0.25) is 0 Å². The molecular formula is C21H21NO. The summed E-state index contributed by atoms with van der Waals surface area (Å²) in [5.41, 5.74) is 6.28. The summed E-state index contributed by atoms with van der Waals surface area (Å²) in [6.07, 6.45) is 2.26. The molecule has 0 bridgehead atoms. The molecule has 0 aliphatic carbocycles. The monoisotopic (exact) mass is 303 g/mol. The van der Waals surface area contributed by atoms with Crippen molar-refractivity contribution in [3.63, 3.8) is 0 Å². The van der Waals surface area contributed by atoms with Gasteiger partial charge < -0.3 is 5.11 Å². The highest BCUT2D eigenvalue weighted by Crippen LogP contribution is 2.31. The minimum absolute atomic E-state index is 0.0461. The third-order valence-electron chi connectivity index (χ3n) is 3.97. The van der Waals surface area contributed by atoms with E-state index in [-0.39, 0.29) is 6.61 Å². The minimum atomic E-state index is -0.0461. The van der Waals surface area contributed by atoms with Crippen molar-refractivity contribution in [1.82, 2.24) is 4.98 Å². The molecule has 23 heavy (non-hydrogen) atoms. The van der Waals surface area contributed by atoms with Crippen molar-refractivity contribution in [2.75, 3.05) is 0 Å². The predicted octanol–water partition coefficient (Wildman–Crippen LogP) is 4.86. The van der Waals surface area contributed by atoms with Gasteiger partial charge in [-0.05, 0) is 23.6 Å². The number of pyridine rings is 1. The van der Waals surface area contributed by atoms with E-state index >= 15 is 0 Å². The highest BCUT2D eigenvalue weighted by Gasteiger charge is 2.10. The molecule has 0 saturated heterocycles. The standard InChI is InChI=1S/C21H21NO/c1-2-6-16-9-11-17(12-10-16)20-14-13-19(15-23)22-21(20)18-7-4-3-5-8-18/h3-5,7-14,23H,2,6,15H2,1H3. The van der Waals surface area contributed by atoms with Gasteiger partial charge in [-0.1, -0.05) is 74.0 Å². The van der Waals surface area contributed by atoms with Crippen LogP contribution < -0.4 is 0 Å². The van der Waals surface area contributed by atoms with Crippen LogP contribution in [0.5, 0.6) is 0 Å². The number of nitrogens with zero attached hydrogens (tertiary/aromatic N) is 1. The highest BCUT2D eigenvalue weighted by atomic mass is 16.3. The fraction of sp³-hybridized carbons (Fsp3) is 0.190. The predicted molar refractivity (Wildman–Crippen MR) is 95.0 cm³/mol. The first-order valence-electron chi connectivity index (χ1n) is 8.07. The van der Waals surface area contributed by atoms with Crippen LogP contribution in [0.25, 0.3) is 22.4 Å². The van der Waals surface area contributed by atoms with Crippen LogP contribution in [0.3, 0.4) is 0 Å². The van der Waals surface area contributed by atoms with Gasteiger partial charge in [0.25, 0.3) is 0 Å². The minimum Gasteiger partial charge on any atom is -0.390 e. The summed E-state index contributed by atoms with van der Waals surface area (Å²) in [5.74, 6) is 0. The van der Waals surface area contributed by atoms with E-state index in [9.17, 15) is 5.11 Å². The lowest BCUT2D eigenvalue weighted by atomic mass is 9.97. The van der Waals surface area contributed by atoms with Crippen molar-refractivity contribution in [2.24, 2.45) is 0 Å². The van der Waals surface area contributed by atoms with E-state index in [0.29, 0.717) is 5.69 Å². The highest BCUT2D eigenvalue weighted by molar-refractivity contribution is 5.80. The van der Waals surface area contributed by atoms with Crippen molar-refractivity contribution in [3.8, 4) is 22.4 Å². The largest absolute Gasteiger partial charge is 0.390 e. The Morgan fingerprint density at radius 2 is 1.57 bits per heavy atom. The number of hydrogen-bond donors (Lipinski definition) is 1. The lowest BCUT2D eigenvalue weighted by Crippen LogP contribution is -1.95. The Balaban J connectivity index is 2.08. The van der Waals surface area contributed by atoms with Crippen molar-refractivity contribution in [2.45, 2.75) is 26.4 Å². The second kappa shape index (κ2) is 7.21. The molecule has 2 aromatic carbocycles. The number of aliphatic hydroxyl groups is 1. The molecule has 1 aromatic heterocycles. The van der Waals surface area contributed by atoms with Crippen LogP contribution in [0, 0.1) is 0 Å². The number of aliphatic hydroxyl groups excluding tert-OH is 1. The molecule has 0 fully saturated rings. The Labute approximate surface area is 137 Å². The fourth-order valence-corrected chi connectivity index (χ4v) is 2.78. The van der Waals surface area contributed by atoms with Crippen molar-refractivity contribution >= 4 is 0 Å². The SMILES string of the molecule is CCCc1ccc(-c2ccc(CO)nc2-c2ccccc2)cc1. The Morgan fingerprint density at radius 1 is 0.826 bits per heavy atom. The third kappa shape index (κ3) is 3.49. The summed E-state index contributed by atoms with van der Waals surface area (Å²) in [6.45, 7) is 2.15. The molecule has 116 valence electrons. The maximum Gasteiger partial charge on any atom is 0.0853 e. The van der Waals surface area contributed by atoms with Crippen LogP contribution in [0.2, 0.25) is 0 Å². The molecule has 0 atom stereocenters. The second-order valence-corrected chi connectivity index (χ2v) is 5.67. The summed E-state index contributed by atoms with van der Waals surface area (Å²) in [7, 11) is 0. The number of benzene rings is 2. The van der Waals surface area contributed by atoms with Crippen LogP contribution >= 0.6 is 0 Å². The summed E-state index contributed by atoms with van der Waals surface area (Å²) in [4.78, 5) is 4.65. The molecule has 3 aromatic rings. The Morgan fingerprint density at radius 3 is 2.22 bits per heavy atom. The van der Waals surface area contributed by atoms with Gasteiger partial charge in [0.05, 0.1) is 18.0 Å². The van der Waals surface area contributed by atoms with Crippen molar-refractivity contribution in [3.05, 3.63) is 78.0 Å². The van der Waals surface area contributed by atoms with Crippen LogP contribution in [0.4, 0.5) is 0 Å². The van der Waals surface area contributed by atoms with Crippen LogP contribution in [0.15, 0.2) is 66.7 Å². The van der Waals surface area contributed by atoms with Gasteiger partial charge in [0, 0.05) is 11.1 Å². The second-order valence-electron chi connectivity index (χ2n) is 5.67. The molecular weight excluding hydrogens is 282 g/mol. The molecule has 0 saturated carbocycles. The first kappa shape index (κ1) is 15.4. The van der Waals surface area contributed by atoms with Crippen LogP contribution in [-0.4, -0.2) is 10.1 Å². The van der Waals surface area contributed by atoms with Gasteiger partial charge in [-0.15, -0.1) is 0 Å². The number of aryl methyl sites for hydroxylation is 1. The number of aromatic nitrogens is 1. The summed E-state index contributed by atoms with van der Waals surface area (Å²) in [5, 5.41) is 9.40. The lowest BCUT2D eigenvalue weighted by Gasteiger charge is -2.11. The third-order valence-corrected chi connectivity index (χ3v) is 3.97. The Kier molecular flexibility index (Phi) is 4.84. The number of rotatable bonds is 5. The van der Waals surface area contributed by atoms with Gasteiger partial charge in [0.1, 0.15) is 0 Å². The first-order valence-corrected chi connectivity index (χ1v) is 8.07. The van der Waals surface area contributed by atoms with Gasteiger partial charge >= 0.3 is 0 Å². The van der Waals surface area contributed by atoms with E-state index in [1.165, 1.54) is 5.56 Å². The summed E-state index contributed by atoms with van der Waals surface area (Å²) < 4.78 is 0. The molecule has 3 rings (SSSR count). The molecule has 2 nitrogen and oxygen atoms in total. The molecule has 1 N–H and O–H groups in total. The zero-order valence-corrected chi connectivity index (χ0v) is 13.4. The Hall–Kier alpha value is -2.45. The molecule has 0 spiro atoms. The molecule has 0 aliphatic heterocycles. The molecule has 0 radical (unpaired) electrons. The maximum absolute atomic E-state index is 9.40. The first-order chi connectivity index (χ1) is 11.3. The average Bonchev–Trinajstić information content (AvgIpc) is 2.63. The van der Waals surface area contributed by atoms with E-state index in [1.807, 2.05) is 24.3 Å². The molecule has 2 heteroatoms. The van der Waals surface area contributed by atoms with Gasteiger partial charge in [-0.2, -0.15) is 0 Å². The zero-order chi connectivity index (χ0) is 16.1. The molecule has 0 unspecified atom stereocenters. The van der Waals surface area contributed by atoms with Crippen LogP contribution in [-0.2, 0) is 13.0 Å². The van der Waals surface area contributed by atoms with Crippen molar-refractivity contribution < 1.29 is 5.11 Å². The molecule has 1 heterocycles. The van der Waals surface area contributed by atoms with E-state index in [0.717, 1.165) is 35.2 Å². The van der Waals surface area contributed by atoms with E-state index < -0.39 is 0 Å². The molecule has 0 amide bonds. The molecule has 0 aliphatic rings. The van der Waals surface area contributed by atoms with Crippen molar-refractivity contribution in [1.29, 1.82) is 0 Å². The fourth-order valence-electron chi connectivity index (χ4n) is 2.78. The normalized spacial score (nSPS) is 10.7. The smallest absolute Gasteiger partial charge is 0.0853 e. The van der Waals surface area contributed by atoms with E-state index in [2.05, 4.69) is 54.4 Å². The number of hydrogen-bond acceptors (Lipinski definition) is 2. The van der Waals surface area contributed by atoms with Gasteiger partial charge in [0.15, 0.2) is 0 Å². The van der Waals surface area contributed by atoms with Gasteiger partial charge in [0.2, 0.25) is 0 Å².